The molecule has 0 spiro atoms. The molecule has 1 aromatic heterocycles. The summed E-state index contributed by atoms with van der Waals surface area (Å²) in [7, 11) is 1.47. The summed E-state index contributed by atoms with van der Waals surface area (Å²) in [6, 6.07) is 20.2. The number of nitrogens with one attached hydrogen (secondary N) is 1. The fraction of sp³-hybridized carbons (Fsp3) is 0.138. The van der Waals surface area contributed by atoms with Crippen LogP contribution >= 0.6 is 0 Å². The van der Waals surface area contributed by atoms with Crippen LogP contribution in [-0.4, -0.2) is 46.7 Å². The van der Waals surface area contributed by atoms with Gasteiger partial charge in [0.15, 0.2) is 12.1 Å². The van der Waals surface area contributed by atoms with E-state index in [4.69, 9.17) is 9.47 Å². The molecule has 0 saturated heterocycles. The number of ether oxygens (including phenoxy) is 2. The molecule has 9 heteroatoms. The molecule has 0 saturated carbocycles. The minimum Gasteiger partial charge on any atom is -0.497 e. The molecular weight excluding hydrogens is 486 g/mol. The van der Waals surface area contributed by atoms with Crippen molar-refractivity contribution in [3.05, 3.63) is 102 Å². The molecule has 2 heterocycles. The van der Waals surface area contributed by atoms with Gasteiger partial charge >= 0.3 is 5.97 Å². The number of carbonyl (C=O) groups is 4. The van der Waals surface area contributed by atoms with E-state index in [2.05, 4.69) is 10.3 Å². The zero-order valence-electron chi connectivity index (χ0n) is 20.6. The monoisotopic (exact) mass is 509 g/mol. The smallest absolute Gasteiger partial charge is 0.303 e. The molecule has 190 valence electrons. The SMILES string of the molecule is COc1cccc([C@H](OC(C)=O)[C@@H](C(=O)Nc2cccc3cccnc23)N2C(=O)c3ccccc3C2=O)c1. The van der Waals surface area contributed by atoms with Crippen molar-refractivity contribution in [2.45, 2.75) is 19.1 Å². The lowest BCUT2D eigenvalue weighted by molar-refractivity contribution is -0.151. The van der Waals surface area contributed by atoms with Gasteiger partial charge in [0.2, 0.25) is 0 Å². The Morgan fingerprint density at radius 3 is 2.26 bits per heavy atom. The number of aromatic nitrogens is 1. The summed E-state index contributed by atoms with van der Waals surface area (Å²) >= 11 is 0. The summed E-state index contributed by atoms with van der Waals surface area (Å²) in [5, 5.41) is 3.60. The fourth-order valence-electron chi connectivity index (χ4n) is 4.57. The lowest BCUT2D eigenvalue weighted by Gasteiger charge is -2.32. The van der Waals surface area contributed by atoms with E-state index in [0.717, 1.165) is 10.3 Å². The molecule has 38 heavy (non-hydrogen) atoms. The maximum Gasteiger partial charge on any atom is 0.303 e. The minimum absolute atomic E-state index is 0.161. The van der Waals surface area contributed by atoms with E-state index in [1.807, 2.05) is 12.1 Å². The Morgan fingerprint density at radius 2 is 1.58 bits per heavy atom. The largest absolute Gasteiger partial charge is 0.497 e. The third-order valence-electron chi connectivity index (χ3n) is 6.26. The van der Waals surface area contributed by atoms with Gasteiger partial charge in [-0.05, 0) is 42.0 Å². The number of benzene rings is 3. The van der Waals surface area contributed by atoms with E-state index in [9.17, 15) is 19.2 Å². The number of rotatable bonds is 7. The van der Waals surface area contributed by atoms with E-state index in [0.29, 0.717) is 22.5 Å². The Balaban J connectivity index is 1.64. The lowest BCUT2D eigenvalue weighted by atomic mass is 9.99. The highest BCUT2D eigenvalue weighted by molar-refractivity contribution is 6.23. The van der Waals surface area contributed by atoms with Crippen molar-refractivity contribution in [3.8, 4) is 5.75 Å². The van der Waals surface area contributed by atoms with Crippen LogP contribution in [0, 0.1) is 0 Å². The van der Waals surface area contributed by atoms with Gasteiger partial charge in [-0.25, -0.2) is 0 Å². The maximum absolute atomic E-state index is 14.0. The van der Waals surface area contributed by atoms with Crippen LogP contribution in [0.15, 0.2) is 85.1 Å². The highest BCUT2D eigenvalue weighted by atomic mass is 16.5. The number of esters is 1. The summed E-state index contributed by atoms with van der Waals surface area (Å²) in [6.45, 7) is 1.19. The van der Waals surface area contributed by atoms with Crippen LogP contribution in [-0.2, 0) is 14.3 Å². The highest BCUT2D eigenvalue weighted by Gasteiger charge is 2.48. The quantitative estimate of drug-likeness (QED) is 0.294. The minimum atomic E-state index is -1.54. The van der Waals surface area contributed by atoms with Gasteiger partial charge in [0.05, 0.1) is 29.4 Å². The number of imide groups is 1. The third-order valence-corrected chi connectivity index (χ3v) is 6.26. The second-order valence-corrected chi connectivity index (χ2v) is 8.65. The van der Waals surface area contributed by atoms with Crippen molar-refractivity contribution >= 4 is 40.3 Å². The standard InChI is InChI=1S/C29H23N3O6/c1-17(33)38-26(19-9-5-11-20(16-19)37-2)25(32-28(35)21-12-3-4-13-22(21)29(32)36)27(34)31-23-14-6-8-18-10-7-15-30-24(18)23/h3-16,25-26H,1-2H3,(H,31,34)/t25-,26-/m0/s1. The molecule has 5 rings (SSSR count). The molecule has 1 aliphatic rings. The number of hydrogen-bond donors (Lipinski definition) is 1. The number of hydrogen-bond acceptors (Lipinski definition) is 7. The van der Waals surface area contributed by atoms with Gasteiger partial charge in [0.1, 0.15) is 5.75 Å². The summed E-state index contributed by atoms with van der Waals surface area (Å²) in [4.78, 5) is 58.5. The third kappa shape index (κ3) is 4.45. The molecule has 0 radical (unpaired) electrons. The van der Waals surface area contributed by atoms with Crippen molar-refractivity contribution in [2.24, 2.45) is 0 Å². The number of pyridine rings is 1. The highest BCUT2D eigenvalue weighted by Crippen LogP contribution is 2.34. The number of fused-ring (bicyclic) bond motifs is 2. The number of para-hydroxylation sites is 1. The summed E-state index contributed by atoms with van der Waals surface area (Å²) < 4.78 is 11.0. The van der Waals surface area contributed by atoms with Gasteiger partial charge in [-0.3, -0.25) is 29.1 Å². The Hall–Kier alpha value is -5.05. The molecule has 4 aromatic rings. The Bertz CT molecular complexity index is 1540. The van der Waals surface area contributed by atoms with Gasteiger partial charge in [0, 0.05) is 18.5 Å². The lowest BCUT2D eigenvalue weighted by Crippen LogP contribution is -2.51. The second kappa shape index (κ2) is 10.1. The summed E-state index contributed by atoms with van der Waals surface area (Å²) in [5.74, 6) is -2.31. The number of carbonyl (C=O) groups excluding carboxylic acids is 4. The van der Waals surface area contributed by atoms with Crippen molar-refractivity contribution < 1.29 is 28.7 Å². The van der Waals surface area contributed by atoms with Crippen LogP contribution < -0.4 is 10.1 Å². The maximum atomic E-state index is 14.0. The van der Waals surface area contributed by atoms with Crippen molar-refractivity contribution in [2.75, 3.05) is 12.4 Å². The number of anilines is 1. The summed E-state index contributed by atoms with van der Waals surface area (Å²) in [6.07, 6.45) is 0.269. The molecule has 3 amide bonds. The van der Waals surface area contributed by atoms with Crippen LogP contribution in [0.4, 0.5) is 5.69 Å². The Kier molecular flexibility index (Phi) is 6.57. The first-order chi connectivity index (χ1) is 18.4. The van der Waals surface area contributed by atoms with E-state index in [1.54, 1.807) is 60.8 Å². The topological polar surface area (TPSA) is 115 Å². The van der Waals surface area contributed by atoms with Crippen molar-refractivity contribution in [1.29, 1.82) is 0 Å². The van der Waals surface area contributed by atoms with Gasteiger partial charge in [0.25, 0.3) is 17.7 Å². The summed E-state index contributed by atoms with van der Waals surface area (Å²) in [5.41, 5.74) is 1.59. The van der Waals surface area contributed by atoms with Crippen molar-refractivity contribution in [3.63, 3.8) is 0 Å². The molecule has 2 atom stereocenters. The van der Waals surface area contributed by atoms with Gasteiger partial charge in [-0.1, -0.05) is 42.5 Å². The Morgan fingerprint density at radius 1 is 0.895 bits per heavy atom. The normalized spacial score (nSPS) is 14.1. The number of methoxy groups -OCH3 is 1. The van der Waals surface area contributed by atoms with E-state index < -0.39 is 35.8 Å². The van der Waals surface area contributed by atoms with Crippen LogP contribution in [0.2, 0.25) is 0 Å². The first-order valence-corrected chi connectivity index (χ1v) is 11.8. The number of amides is 3. The van der Waals surface area contributed by atoms with E-state index in [1.165, 1.54) is 26.2 Å². The van der Waals surface area contributed by atoms with Crippen LogP contribution in [0.25, 0.3) is 10.9 Å². The predicted octanol–water partition coefficient (Wildman–Crippen LogP) is 4.15. The zero-order chi connectivity index (χ0) is 26.8. The van der Waals surface area contributed by atoms with Crippen LogP contribution in [0.5, 0.6) is 5.75 Å². The molecule has 1 aliphatic heterocycles. The number of nitrogens with zero attached hydrogens (tertiary/aromatic N) is 2. The average molecular weight is 510 g/mol. The zero-order valence-corrected chi connectivity index (χ0v) is 20.6. The first-order valence-electron chi connectivity index (χ1n) is 11.8. The molecule has 0 fully saturated rings. The second-order valence-electron chi connectivity index (χ2n) is 8.65. The molecular formula is C29H23N3O6. The van der Waals surface area contributed by atoms with Gasteiger partial charge in [-0.15, -0.1) is 0 Å². The van der Waals surface area contributed by atoms with Crippen LogP contribution in [0.1, 0.15) is 39.3 Å². The van der Waals surface area contributed by atoms with E-state index >= 15 is 0 Å². The average Bonchev–Trinajstić information content (AvgIpc) is 3.18. The predicted molar refractivity (Wildman–Crippen MR) is 139 cm³/mol. The fourth-order valence-corrected chi connectivity index (χ4v) is 4.57. The molecule has 0 bridgehead atoms. The van der Waals surface area contributed by atoms with Gasteiger partial charge < -0.3 is 14.8 Å². The van der Waals surface area contributed by atoms with E-state index in [-0.39, 0.29) is 11.1 Å². The molecule has 3 aromatic carbocycles. The van der Waals surface area contributed by atoms with Crippen LogP contribution in [0.3, 0.4) is 0 Å². The van der Waals surface area contributed by atoms with Gasteiger partial charge in [-0.2, -0.15) is 0 Å². The van der Waals surface area contributed by atoms with Crippen molar-refractivity contribution in [1.82, 2.24) is 9.88 Å². The Labute approximate surface area is 218 Å². The molecule has 0 unspecified atom stereocenters. The molecule has 1 N–H and O–H groups in total. The first kappa shape index (κ1) is 24.6. The molecule has 9 nitrogen and oxygen atoms in total. The molecule has 0 aliphatic carbocycles.